The summed E-state index contributed by atoms with van der Waals surface area (Å²) >= 11 is 1.63. The minimum absolute atomic E-state index is 0.175. The number of anilines is 1. The smallest absolute Gasteiger partial charge is 0.328 e. The molecule has 4 bridgehead atoms. The number of imidazole rings is 1. The third-order valence-electron chi connectivity index (χ3n) is 7.40. The third kappa shape index (κ3) is 3.63. The van der Waals surface area contributed by atoms with Gasteiger partial charge in [-0.2, -0.15) is 0 Å². The predicted molar refractivity (Wildman–Crippen MR) is 128 cm³/mol. The second-order valence-corrected chi connectivity index (χ2v) is 10.5. The van der Waals surface area contributed by atoms with Gasteiger partial charge in [-0.15, -0.1) is 0 Å². The molecule has 1 saturated carbocycles. The molecule has 7 nitrogen and oxygen atoms in total. The zero-order valence-corrected chi connectivity index (χ0v) is 19.2. The number of aromatic nitrogens is 4. The standard InChI is InChI=1S/C24H30N6OS/c25-21-20-22-28-23(27-21)32-10-3-1-2-5-16-11-15(13-30(22)24(31)26-20)12-17-14-29(9-8-19(16)17)18-6-4-7-18/h11-12,18H,1-10,13-14H2,(H,26,31)(H2,25,27,28). The van der Waals surface area contributed by atoms with Crippen molar-refractivity contribution < 1.29 is 0 Å². The zero-order valence-electron chi connectivity index (χ0n) is 18.4. The Bertz CT molecular complexity index is 1230. The van der Waals surface area contributed by atoms with Gasteiger partial charge in [0.2, 0.25) is 0 Å². The summed E-state index contributed by atoms with van der Waals surface area (Å²) in [6.07, 6.45) is 9.85. The molecular formula is C24H30N6OS. The lowest BCUT2D eigenvalue weighted by atomic mass is 9.86. The first kappa shape index (κ1) is 20.3. The topological polar surface area (TPSA) is 92.8 Å². The molecule has 2 aliphatic heterocycles. The minimum Gasteiger partial charge on any atom is -0.382 e. The van der Waals surface area contributed by atoms with E-state index in [0.717, 1.165) is 37.6 Å². The Kier molecular flexibility index (Phi) is 5.22. The number of aryl methyl sites for hydroxylation is 1. The predicted octanol–water partition coefficient (Wildman–Crippen LogP) is 3.48. The Labute approximate surface area is 191 Å². The molecule has 0 atom stereocenters. The third-order valence-corrected chi connectivity index (χ3v) is 8.33. The Morgan fingerprint density at radius 2 is 1.91 bits per heavy atom. The number of H-pyrrole nitrogens is 1. The second kappa shape index (κ2) is 8.23. The summed E-state index contributed by atoms with van der Waals surface area (Å²) in [7, 11) is 0. The van der Waals surface area contributed by atoms with Gasteiger partial charge >= 0.3 is 5.69 Å². The molecule has 1 aromatic carbocycles. The molecule has 32 heavy (non-hydrogen) atoms. The monoisotopic (exact) mass is 450 g/mol. The van der Waals surface area contributed by atoms with Gasteiger partial charge in [0.25, 0.3) is 0 Å². The van der Waals surface area contributed by atoms with E-state index in [1.807, 2.05) is 0 Å². The highest BCUT2D eigenvalue weighted by Gasteiger charge is 2.29. The van der Waals surface area contributed by atoms with Gasteiger partial charge in [0.15, 0.2) is 16.6 Å². The molecule has 0 spiro atoms. The number of nitrogens with two attached hydrogens (primary N) is 1. The Morgan fingerprint density at radius 1 is 1.03 bits per heavy atom. The fourth-order valence-corrected chi connectivity index (χ4v) is 6.29. The van der Waals surface area contributed by atoms with Gasteiger partial charge in [0.1, 0.15) is 5.52 Å². The average molecular weight is 451 g/mol. The number of nitrogens with zero attached hydrogens (tertiary/aromatic N) is 4. The van der Waals surface area contributed by atoms with Crippen LogP contribution in [0.2, 0.25) is 0 Å². The molecule has 1 fully saturated rings. The first-order chi connectivity index (χ1) is 15.7. The van der Waals surface area contributed by atoms with Crippen LogP contribution in [0.4, 0.5) is 5.82 Å². The van der Waals surface area contributed by atoms with Crippen molar-refractivity contribution in [1.82, 2.24) is 24.4 Å². The maximum Gasteiger partial charge on any atom is 0.328 e. The van der Waals surface area contributed by atoms with Crippen LogP contribution < -0.4 is 11.4 Å². The van der Waals surface area contributed by atoms with Crippen LogP contribution in [-0.2, 0) is 25.9 Å². The first-order valence-electron chi connectivity index (χ1n) is 11.9. The normalized spacial score (nSPS) is 20.1. The number of hydrogen-bond acceptors (Lipinski definition) is 6. The number of nitrogens with one attached hydrogen (secondary N) is 1. The van der Waals surface area contributed by atoms with Gasteiger partial charge in [-0.1, -0.05) is 36.7 Å². The summed E-state index contributed by atoms with van der Waals surface area (Å²) < 4.78 is 1.72. The largest absolute Gasteiger partial charge is 0.382 e. The molecule has 168 valence electrons. The number of fused-ring (bicyclic) bond motifs is 5. The van der Waals surface area contributed by atoms with Crippen molar-refractivity contribution in [2.75, 3.05) is 18.0 Å². The number of aromatic amines is 1. The molecule has 4 heterocycles. The molecule has 6 rings (SSSR count). The minimum atomic E-state index is -0.175. The van der Waals surface area contributed by atoms with Crippen molar-refractivity contribution in [1.29, 1.82) is 0 Å². The summed E-state index contributed by atoms with van der Waals surface area (Å²) in [5.74, 6) is 1.32. The lowest BCUT2D eigenvalue weighted by Gasteiger charge is -2.41. The Hall–Kier alpha value is -2.32. The molecular weight excluding hydrogens is 420 g/mol. The van der Waals surface area contributed by atoms with Crippen LogP contribution in [0.15, 0.2) is 22.1 Å². The van der Waals surface area contributed by atoms with E-state index in [1.165, 1.54) is 55.3 Å². The van der Waals surface area contributed by atoms with Crippen LogP contribution in [0.5, 0.6) is 0 Å². The van der Waals surface area contributed by atoms with Gasteiger partial charge in [-0.25, -0.2) is 14.8 Å². The quantitative estimate of drug-likeness (QED) is 0.552. The Balaban J connectivity index is 1.44. The summed E-state index contributed by atoms with van der Waals surface area (Å²) in [6, 6.07) is 5.44. The molecule has 3 aliphatic rings. The van der Waals surface area contributed by atoms with Crippen LogP contribution in [0.3, 0.4) is 0 Å². The van der Waals surface area contributed by atoms with E-state index in [2.05, 4.69) is 27.0 Å². The molecule has 3 aromatic rings. The van der Waals surface area contributed by atoms with Crippen molar-refractivity contribution in [3.63, 3.8) is 0 Å². The summed E-state index contributed by atoms with van der Waals surface area (Å²) in [5.41, 5.74) is 12.8. The summed E-state index contributed by atoms with van der Waals surface area (Å²) in [4.78, 5) is 27.5. The number of thioether (sulfide) groups is 1. The van der Waals surface area contributed by atoms with Gasteiger partial charge in [-0.05, 0) is 60.8 Å². The lowest BCUT2D eigenvalue weighted by molar-refractivity contribution is 0.113. The SMILES string of the molecule is Nc1nc2nc3c1[nH]c(=O)n3Cc1cc(c3c(c1)CN(C1CCC1)CC3)CCCCCS2. The van der Waals surface area contributed by atoms with Gasteiger partial charge in [0.05, 0.1) is 6.54 Å². The van der Waals surface area contributed by atoms with Crippen LogP contribution in [0, 0.1) is 0 Å². The number of hydrogen-bond donors (Lipinski definition) is 2. The molecule has 0 amide bonds. The van der Waals surface area contributed by atoms with Crippen molar-refractivity contribution in [2.45, 2.75) is 75.7 Å². The average Bonchev–Trinajstić information content (AvgIpc) is 3.04. The van der Waals surface area contributed by atoms with E-state index in [1.54, 1.807) is 21.9 Å². The highest BCUT2D eigenvalue weighted by molar-refractivity contribution is 7.99. The zero-order chi connectivity index (χ0) is 21.7. The molecule has 0 unspecified atom stereocenters. The maximum absolute atomic E-state index is 12.8. The molecule has 0 radical (unpaired) electrons. The van der Waals surface area contributed by atoms with Gasteiger partial charge in [-0.3, -0.25) is 9.47 Å². The van der Waals surface area contributed by atoms with E-state index < -0.39 is 0 Å². The van der Waals surface area contributed by atoms with Crippen molar-refractivity contribution in [3.8, 4) is 0 Å². The lowest BCUT2D eigenvalue weighted by Crippen LogP contribution is -2.43. The van der Waals surface area contributed by atoms with Crippen LogP contribution in [0.25, 0.3) is 11.2 Å². The van der Waals surface area contributed by atoms with E-state index in [9.17, 15) is 4.79 Å². The van der Waals surface area contributed by atoms with Crippen LogP contribution >= 0.6 is 11.8 Å². The van der Waals surface area contributed by atoms with Crippen LogP contribution in [-0.4, -0.2) is 42.8 Å². The maximum atomic E-state index is 12.8. The highest BCUT2D eigenvalue weighted by atomic mass is 32.2. The van der Waals surface area contributed by atoms with E-state index in [4.69, 9.17) is 10.7 Å². The van der Waals surface area contributed by atoms with Gasteiger partial charge < -0.3 is 10.7 Å². The molecule has 1 aliphatic carbocycles. The van der Waals surface area contributed by atoms with Crippen molar-refractivity contribution >= 4 is 28.7 Å². The van der Waals surface area contributed by atoms with Crippen LogP contribution in [0.1, 0.15) is 60.8 Å². The molecule has 2 aromatic heterocycles. The van der Waals surface area contributed by atoms with E-state index in [-0.39, 0.29) is 5.69 Å². The van der Waals surface area contributed by atoms with Gasteiger partial charge in [0, 0.05) is 24.9 Å². The van der Waals surface area contributed by atoms with E-state index >= 15 is 0 Å². The summed E-state index contributed by atoms with van der Waals surface area (Å²) in [5, 5.41) is 0.655. The number of benzene rings is 1. The summed E-state index contributed by atoms with van der Waals surface area (Å²) in [6.45, 7) is 2.73. The van der Waals surface area contributed by atoms with Crippen molar-refractivity contribution in [2.24, 2.45) is 0 Å². The second-order valence-electron chi connectivity index (χ2n) is 9.46. The number of rotatable bonds is 1. The fraction of sp³-hybridized carbons (Fsp3) is 0.542. The fourth-order valence-electron chi connectivity index (χ4n) is 5.45. The Morgan fingerprint density at radius 3 is 2.75 bits per heavy atom. The molecule has 8 heteroatoms. The van der Waals surface area contributed by atoms with E-state index in [0.29, 0.717) is 28.7 Å². The first-order valence-corrected chi connectivity index (χ1v) is 12.9. The molecule has 3 N–H and O–H groups in total. The highest BCUT2D eigenvalue weighted by Crippen LogP contribution is 2.33. The molecule has 0 saturated heterocycles. The number of nitrogen functional groups attached to an aromatic ring is 1. The van der Waals surface area contributed by atoms with Crippen molar-refractivity contribution in [3.05, 3.63) is 44.9 Å².